The van der Waals surface area contributed by atoms with E-state index in [1.807, 2.05) is 38.1 Å². The first-order chi connectivity index (χ1) is 12.0. The molecule has 0 bridgehead atoms. The van der Waals surface area contributed by atoms with Crippen LogP contribution in [0.15, 0.2) is 24.3 Å². The van der Waals surface area contributed by atoms with Crippen LogP contribution in [0.2, 0.25) is 0 Å². The summed E-state index contributed by atoms with van der Waals surface area (Å²) in [6.07, 6.45) is 0.0640. The highest BCUT2D eigenvalue weighted by Gasteiger charge is 2.31. The molecular weight excluding hydrogens is 322 g/mol. The zero-order valence-electron chi connectivity index (χ0n) is 14.9. The third-order valence-electron chi connectivity index (χ3n) is 4.17. The molecule has 0 fully saturated rings. The number of nitrogens with zero attached hydrogens (tertiary/aromatic N) is 2. The van der Waals surface area contributed by atoms with Crippen LogP contribution in [0.25, 0.3) is 0 Å². The lowest BCUT2D eigenvalue weighted by Gasteiger charge is -2.26. The smallest absolute Gasteiger partial charge is 0.413 e. The molecule has 1 heterocycles. The predicted octanol–water partition coefficient (Wildman–Crippen LogP) is 1.56. The number of benzene rings is 1. The Bertz CT molecular complexity index is 647. The molecular formula is C18H25N3O4. The van der Waals surface area contributed by atoms with Crippen molar-refractivity contribution < 1.29 is 19.1 Å². The van der Waals surface area contributed by atoms with Crippen molar-refractivity contribution in [2.75, 3.05) is 31.1 Å². The zero-order chi connectivity index (χ0) is 18.4. The maximum atomic E-state index is 12.8. The van der Waals surface area contributed by atoms with Gasteiger partial charge in [-0.25, -0.2) is 4.79 Å². The molecule has 0 aromatic heterocycles. The van der Waals surface area contributed by atoms with Gasteiger partial charge in [0.05, 0.1) is 19.7 Å². The number of likely N-dealkylation sites (N-methyl/N-ethyl adjacent to an activating group) is 1. The molecule has 1 N–H and O–H groups in total. The Morgan fingerprint density at radius 1 is 1.24 bits per heavy atom. The van der Waals surface area contributed by atoms with Crippen LogP contribution in [-0.2, 0) is 20.7 Å². The summed E-state index contributed by atoms with van der Waals surface area (Å²) in [6, 6.07) is 7.96. The van der Waals surface area contributed by atoms with Gasteiger partial charge in [-0.2, -0.15) is 0 Å². The fraction of sp³-hybridized carbons (Fsp3) is 0.500. The van der Waals surface area contributed by atoms with E-state index >= 15 is 0 Å². The Kier molecular flexibility index (Phi) is 6.52. The van der Waals surface area contributed by atoms with Crippen molar-refractivity contribution in [1.29, 1.82) is 0 Å². The molecule has 3 amide bonds. The summed E-state index contributed by atoms with van der Waals surface area (Å²) in [6.45, 7) is 6.34. The number of carbonyl (C=O) groups excluding carboxylic acids is 3. The molecule has 0 radical (unpaired) electrons. The SMILES string of the molecule is CCOC(=O)NC(=O)CN(CC)CC(=O)N1c2ccccc2C[C@H]1C. The first kappa shape index (κ1) is 18.9. The Hall–Kier alpha value is -2.41. The molecule has 1 atom stereocenters. The van der Waals surface area contributed by atoms with E-state index < -0.39 is 12.0 Å². The number of hydrogen-bond acceptors (Lipinski definition) is 5. The van der Waals surface area contributed by atoms with Gasteiger partial charge in [0, 0.05) is 11.7 Å². The molecule has 0 aliphatic carbocycles. The molecule has 7 heteroatoms. The lowest BCUT2D eigenvalue weighted by molar-refractivity contribution is -0.123. The lowest BCUT2D eigenvalue weighted by atomic mass is 10.1. The number of amides is 3. The fourth-order valence-corrected chi connectivity index (χ4v) is 3.02. The van der Waals surface area contributed by atoms with Crippen molar-refractivity contribution in [2.45, 2.75) is 33.2 Å². The average molecular weight is 347 g/mol. The van der Waals surface area contributed by atoms with Gasteiger partial charge in [0.1, 0.15) is 0 Å². The second kappa shape index (κ2) is 8.62. The van der Waals surface area contributed by atoms with Crippen LogP contribution in [0, 0.1) is 0 Å². The topological polar surface area (TPSA) is 79.0 Å². The van der Waals surface area contributed by atoms with Gasteiger partial charge in [0.2, 0.25) is 11.8 Å². The molecule has 1 aliphatic rings. The average Bonchev–Trinajstić information content (AvgIpc) is 2.89. The van der Waals surface area contributed by atoms with Gasteiger partial charge in [-0.1, -0.05) is 25.1 Å². The summed E-state index contributed by atoms with van der Waals surface area (Å²) in [5.74, 6) is -0.536. The number of ether oxygens (including phenoxy) is 1. The van der Waals surface area contributed by atoms with E-state index in [9.17, 15) is 14.4 Å². The molecule has 25 heavy (non-hydrogen) atoms. The largest absolute Gasteiger partial charge is 0.450 e. The minimum atomic E-state index is -0.767. The van der Waals surface area contributed by atoms with E-state index in [0.717, 1.165) is 17.7 Å². The summed E-state index contributed by atoms with van der Waals surface area (Å²) in [7, 11) is 0. The van der Waals surface area contributed by atoms with Crippen molar-refractivity contribution in [1.82, 2.24) is 10.2 Å². The molecule has 1 aromatic rings. The summed E-state index contributed by atoms with van der Waals surface area (Å²) in [5, 5.41) is 2.15. The second-order valence-electron chi connectivity index (χ2n) is 6.02. The van der Waals surface area contributed by atoms with Crippen molar-refractivity contribution >= 4 is 23.6 Å². The van der Waals surface area contributed by atoms with E-state index in [-0.39, 0.29) is 31.6 Å². The summed E-state index contributed by atoms with van der Waals surface area (Å²) in [4.78, 5) is 39.4. The molecule has 7 nitrogen and oxygen atoms in total. The van der Waals surface area contributed by atoms with Gasteiger partial charge in [-0.15, -0.1) is 0 Å². The van der Waals surface area contributed by atoms with Gasteiger partial charge in [0.25, 0.3) is 0 Å². The maximum Gasteiger partial charge on any atom is 0.413 e. The number of rotatable bonds is 6. The zero-order valence-corrected chi connectivity index (χ0v) is 14.9. The molecule has 1 aromatic carbocycles. The monoisotopic (exact) mass is 347 g/mol. The minimum Gasteiger partial charge on any atom is -0.450 e. The summed E-state index contributed by atoms with van der Waals surface area (Å²) >= 11 is 0. The first-order valence-electron chi connectivity index (χ1n) is 8.55. The molecule has 136 valence electrons. The van der Waals surface area contributed by atoms with Gasteiger partial charge >= 0.3 is 6.09 Å². The highest BCUT2D eigenvalue weighted by atomic mass is 16.5. The van der Waals surface area contributed by atoms with Gasteiger partial charge in [-0.3, -0.25) is 19.8 Å². The van der Waals surface area contributed by atoms with E-state index in [4.69, 9.17) is 0 Å². The van der Waals surface area contributed by atoms with Crippen molar-refractivity contribution in [2.24, 2.45) is 0 Å². The van der Waals surface area contributed by atoms with Crippen LogP contribution in [0.3, 0.4) is 0 Å². The van der Waals surface area contributed by atoms with Crippen LogP contribution in [0.4, 0.5) is 10.5 Å². The summed E-state index contributed by atoms with van der Waals surface area (Å²) in [5.41, 5.74) is 2.10. The minimum absolute atomic E-state index is 0.0368. The lowest BCUT2D eigenvalue weighted by Crippen LogP contribution is -2.46. The molecule has 0 unspecified atom stereocenters. The van der Waals surface area contributed by atoms with Gasteiger partial charge in [0.15, 0.2) is 0 Å². The van der Waals surface area contributed by atoms with Gasteiger partial charge in [-0.05, 0) is 38.4 Å². The first-order valence-corrected chi connectivity index (χ1v) is 8.55. The number of carbonyl (C=O) groups is 3. The Morgan fingerprint density at radius 3 is 2.64 bits per heavy atom. The number of fused-ring (bicyclic) bond motifs is 1. The highest BCUT2D eigenvalue weighted by molar-refractivity contribution is 5.98. The normalized spacial score (nSPS) is 15.8. The highest BCUT2D eigenvalue weighted by Crippen LogP contribution is 2.31. The standard InChI is InChI=1S/C18H25N3O4/c1-4-20(11-16(22)19-18(24)25-5-2)12-17(23)21-13(3)10-14-8-6-7-9-15(14)21/h6-9,13H,4-5,10-12H2,1-3H3,(H,19,22,24)/t13-/m1/s1. The van der Waals surface area contributed by atoms with E-state index in [2.05, 4.69) is 10.1 Å². The molecule has 0 spiro atoms. The Labute approximate surface area is 147 Å². The number of para-hydroxylation sites is 1. The van der Waals surface area contributed by atoms with Crippen molar-refractivity contribution in [3.05, 3.63) is 29.8 Å². The third kappa shape index (κ3) is 4.79. The molecule has 0 saturated carbocycles. The van der Waals surface area contributed by atoms with E-state index in [0.29, 0.717) is 6.54 Å². The van der Waals surface area contributed by atoms with E-state index in [1.54, 1.807) is 16.7 Å². The van der Waals surface area contributed by atoms with Crippen LogP contribution in [0.1, 0.15) is 26.3 Å². The van der Waals surface area contributed by atoms with Crippen LogP contribution >= 0.6 is 0 Å². The fourth-order valence-electron chi connectivity index (χ4n) is 3.02. The van der Waals surface area contributed by atoms with Crippen molar-refractivity contribution in [3.63, 3.8) is 0 Å². The van der Waals surface area contributed by atoms with Gasteiger partial charge < -0.3 is 9.64 Å². The molecule has 0 saturated heterocycles. The van der Waals surface area contributed by atoms with E-state index in [1.165, 1.54) is 0 Å². The number of nitrogens with one attached hydrogen (secondary N) is 1. The third-order valence-corrected chi connectivity index (χ3v) is 4.17. The summed E-state index contributed by atoms with van der Waals surface area (Å²) < 4.78 is 4.68. The number of anilines is 1. The second-order valence-corrected chi connectivity index (χ2v) is 6.02. The van der Waals surface area contributed by atoms with Crippen LogP contribution in [-0.4, -0.2) is 55.1 Å². The van der Waals surface area contributed by atoms with Crippen molar-refractivity contribution in [3.8, 4) is 0 Å². The molecule has 2 rings (SSSR count). The van der Waals surface area contributed by atoms with Crippen LogP contribution < -0.4 is 10.2 Å². The Morgan fingerprint density at radius 2 is 1.96 bits per heavy atom. The number of alkyl carbamates (subject to hydrolysis) is 1. The van der Waals surface area contributed by atoms with Crippen LogP contribution in [0.5, 0.6) is 0 Å². The Balaban J connectivity index is 1.96. The predicted molar refractivity (Wildman–Crippen MR) is 94.4 cm³/mol. The maximum absolute atomic E-state index is 12.8. The quantitative estimate of drug-likeness (QED) is 0.845. The number of imide groups is 1. The number of hydrogen-bond donors (Lipinski definition) is 1. The molecule has 1 aliphatic heterocycles.